The van der Waals surface area contributed by atoms with E-state index in [0.29, 0.717) is 5.69 Å². The van der Waals surface area contributed by atoms with Crippen molar-refractivity contribution < 1.29 is 9.90 Å². The van der Waals surface area contributed by atoms with E-state index in [9.17, 15) is 4.79 Å². The highest BCUT2D eigenvalue weighted by Gasteiger charge is 2.26. The first-order chi connectivity index (χ1) is 9.72. The predicted octanol–water partition coefficient (Wildman–Crippen LogP) is 3.32. The fourth-order valence-electron chi connectivity index (χ4n) is 2.12. The van der Waals surface area contributed by atoms with Crippen molar-refractivity contribution >= 4 is 28.1 Å². The molecule has 3 rings (SSSR count). The molecule has 1 aliphatic rings. The smallest absolute Gasteiger partial charge is 0.309 e. The number of carboxylic acids is 1. The Balaban J connectivity index is 1.84. The lowest BCUT2D eigenvalue weighted by Crippen LogP contribution is -2.19. The van der Waals surface area contributed by atoms with Gasteiger partial charge in [0.25, 0.3) is 0 Å². The van der Waals surface area contributed by atoms with E-state index in [1.165, 1.54) is 24.2 Å². The van der Waals surface area contributed by atoms with E-state index in [-0.39, 0.29) is 6.42 Å². The van der Waals surface area contributed by atoms with Crippen molar-refractivity contribution in [2.24, 2.45) is 5.92 Å². The zero-order valence-corrected chi connectivity index (χ0v) is 11.8. The van der Waals surface area contributed by atoms with E-state index < -0.39 is 5.97 Å². The Kier molecular flexibility index (Phi) is 3.69. The van der Waals surface area contributed by atoms with Crippen molar-refractivity contribution in [1.29, 1.82) is 0 Å². The zero-order valence-electron chi connectivity index (χ0n) is 11.0. The molecular formula is C15H16N2O2S. The Bertz CT molecular complexity index is 593. The Labute approximate surface area is 121 Å². The second-order valence-corrected chi connectivity index (χ2v) is 5.92. The molecule has 2 aromatic rings. The van der Waals surface area contributed by atoms with Crippen LogP contribution < -0.4 is 4.90 Å². The second-order valence-electron chi connectivity index (χ2n) is 5.08. The molecule has 0 unspecified atom stereocenters. The summed E-state index contributed by atoms with van der Waals surface area (Å²) in [5.41, 5.74) is 1.75. The number of carboxylic acid groups (broad SMARTS) is 1. The molecule has 20 heavy (non-hydrogen) atoms. The quantitative estimate of drug-likeness (QED) is 0.886. The normalized spacial score (nSPS) is 14.2. The van der Waals surface area contributed by atoms with Crippen molar-refractivity contribution in [3.05, 3.63) is 41.4 Å². The molecule has 1 aliphatic carbocycles. The molecule has 0 radical (unpaired) electrons. The average Bonchev–Trinajstić information content (AvgIpc) is 3.15. The van der Waals surface area contributed by atoms with Gasteiger partial charge in [-0.05, 0) is 30.9 Å². The van der Waals surface area contributed by atoms with E-state index in [1.54, 1.807) is 0 Å². The number of aromatic nitrogens is 1. The van der Waals surface area contributed by atoms with Crippen molar-refractivity contribution in [3.8, 4) is 0 Å². The molecule has 0 atom stereocenters. The first-order valence-electron chi connectivity index (χ1n) is 6.71. The molecule has 1 fully saturated rings. The predicted molar refractivity (Wildman–Crippen MR) is 79.6 cm³/mol. The van der Waals surface area contributed by atoms with Gasteiger partial charge in [0.1, 0.15) is 0 Å². The van der Waals surface area contributed by atoms with Gasteiger partial charge in [-0.3, -0.25) is 4.79 Å². The number of para-hydroxylation sites is 1. The lowest BCUT2D eigenvalue weighted by molar-refractivity contribution is -0.136. The first kappa shape index (κ1) is 13.1. The SMILES string of the molecule is O=C(O)Cc1csc(N(CC2CC2)c2ccccc2)n1. The summed E-state index contributed by atoms with van der Waals surface area (Å²) >= 11 is 1.52. The van der Waals surface area contributed by atoms with Crippen LogP contribution in [-0.4, -0.2) is 22.6 Å². The van der Waals surface area contributed by atoms with E-state index in [0.717, 1.165) is 23.3 Å². The van der Waals surface area contributed by atoms with Crippen molar-refractivity contribution in [2.45, 2.75) is 19.3 Å². The monoisotopic (exact) mass is 288 g/mol. The minimum atomic E-state index is -0.838. The minimum absolute atomic E-state index is 0.0114. The summed E-state index contributed by atoms with van der Waals surface area (Å²) in [4.78, 5) is 17.4. The fraction of sp³-hybridized carbons (Fsp3) is 0.333. The van der Waals surface area contributed by atoms with Crippen LogP contribution in [0.3, 0.4) is 0 Å². The summed E-state index contributed by atoms with van der Waals surface area (Å²) in [7, 11) is 0. The fourth-order valence-corrected chi connectivity index (χ4v) is 2.97. The Hall–Kier alpha value is -1.88. The van der Waals surface area contributed by atoms with Gasteiger partial charge in [0.2, 0.25) is 0 Å². The maximum atomic E-state index is 10.8. The number of carbonyl (C=O) groups is 1. The van der Waals surface area contributed by atoms with Gasteiger partial charge in [-0.2, -0.15) is 0 Å². The Morgan fingerprint density at radius 2 is 2.10 bits per heavy atom. The molecule has 0 saturated heterocycles. The summed E-state index contributed by atoms with van der Waals surface area (Å²) < 4.78 is 0. The van der Waals surface area contributed by atoms with E-state index in [1.807, 2.05) is 23.6 Å². The summed E-state index contributed by atoms with van der Waals surface area (Å²) in [6, 6.07) is 10.2. The third kappa shape index (κ3) is 3.17. The van der Waals surface area contributed by atoms with Gasteiger partial charge in [-0.15, -0.1) is 11.3 Å². The van der Waals surface area contributed by atoms with Crippen LogP contribution in [0, 0.1) is 5.92 Å². The molecule has 1 aromatic heterocycles. The standard InChI is InChI=1S/C15H16N2O2S/c18-14(19)8-12-10-20-15(16-12)17(9-11-6-7-11)13-4-2-1-3-5-13/h1-5,10-11H,6-9H2,(H,18,19). The van der Waals surface area contributed by atoms with E-state index in [4.69, 9.17) is 5.11 Å². The molecule has 1 saturated carbocycles. The number of aliphatic carboxylic acids is 1. The van der Waals surface area contributed by atoms with Crippen LogP contribution in [-0.2, 0) is 11.2 Å². The minimum Gasteiger partial charge on any atom is -0.481 e. The molecule has 0 aliphatic heterocycles. The van der Waals surface area contributed by atoms with Crippen LogP contribution in [0.1, 0.15) is 18.5 Å². The highest BCUT2D eigenvalue weighted by molar-refractivity contribution is 7.13. The van der Waals surface area contributed by atoms with Crippen LogP contribution in [0.2, 0.25) is 0 Å². The Morgan fingerprint density at radius 3 is 2.75 bits per heavy atom. The molecule has 104 valence electrons. The number of benzene rings is 1. The van der Waals surface area contributed by atoms with Crippen molar-refractivity contribution in [2.75, 3.05) is 11.4 Å². The van der Waals surface area contributed by atoms with E-state index in [2.05, 4.69) is 22.0 Å². The number of thiazole rings is 1. The summed E-state index contributed by atoms with van der Waals surface area (Å²) in [6.45, 7) is 0.962. The van der Waals surface area contributed by atoms with Gasteiger partial charge in [0.05, 0.1) is 12.1 Å². The molecule has 1 heterocycles. The van der Waals surface area contributed by atoms with E-state index >= 15 is 0 Å². The number of anilines is 2. The number of hydrogen-bond donors (Lipinski definition) is 1. The summed E-state index contributed by atoms with van der Waals surface area (Å²) in [5.74, 6) is -0.0997. The van der Waals surface area contributed by atoms with Crippen molar-refractivity contribution in [1.82, 2.24) is 4.98 Å². The van der Waals surface area contributed by atoms with Gasteiger partial charge >= 0.3 is 5.97 Å². The number of nitrogens with zero attached hydrogens (tertiary/aromatic N) is 2. The van der Waals surface area contributed by atoms with Gasteiger partial charge in [0, 0.05) is 17.6 Å². The molecule has 5 heteroatoms. The van der Waals surface area contributed by atoms with Crippen LogP contribution in [0.5, 0.6) is 0 Å². The van der Waals surface area contributed by atoms with Gasteiger partial charge in [-0.25, -0.2) is 4.98 Å². The second kappa shape index (κ2) is 5.63. The largest absolute Gasteiger partial charge is 0.481 e. The summed E-state index contributed by atoms with van der Waals surface area (Å²) in [5, 5.41) is 11.6. The topological polar surface area (TPSA) is 53.4 Å². The van der Waals surface area contributed by atoms with Gasteiger partial charge in [-0.1, -0.05) is 18.2 Å². The molecule has 1 N–H and O–H groups in total. The van der Waals surface area contributed by atoms with Crippen molar-refractivity contribution in [3.63, 3.8) is 0 Å². The highest BCUT2D eigenvalue weighted by atomic mass is 32.1. The number of hydrogen-bond acceptors (Lipinski definition) is 4. The van der Waals surface area contributed by atoms with Gasteiger partial charge in [0.15, 0.2) is 5.13 Å². The lowest BCUT2D eigenvalue weighted by atomic mass is 10.3. The molecule has 0 bridgehead atoms. The maximum absolute atomic E-state index is 10.8. The maximum Gasteiger partial charge on any atom is 0.309 e. The van der Waals surface area contributed by atoms with Crippen LogP contribution in [0.15, 0.2) is 35.7 Å². The van der Waals surface area contributed by atoms with Gasteiger partial charge < -0.3 is 10.0 Å². The van der Waals surface area contributed by atoms with Crippen LogP contribution in [0.4, 0.5) is 10.8 Å². The molecular weight excluding hydrogens is 272 g/mol. The lowest BCUT2D eigenvalue weighted by Gasteiger charge is -2.21. The molecule has 4 nitrogen and oxygen atoms in total. The zero-order chi connectivity index (χ0) is 13.9. The number of rotatable bonds is 6. The van der Waals surface area contributed by atoms with Crippen LogP contribution >= 0.6 is 11.3 Å². The first-order valence-corrected chi connectivity index (χ1v) is 7.59. The average molecular weight is 288 g/mol. The summed E-state index contributed by atoms with van der Waals surface area (Å²) in [6.07, 6.45) is 2.54. The Morgan fingerprint density at radius 1 is 1.35 bits per heavy atom. The molecule has 0 amide bonds. The molecule has 0 spiro atoms. The van der Waals surface area contributed by atoms with Crippen LogP contribution in [0.25, 0.3) is 0 Å². The third-order valence-electron chi connectivity index (χ3n) is 3.31. The highest BCUT2D eigenvalue weighted by Crippen LogP contribution is 2.36. The third-order valence-corrected chi connectivity index (χ3v) is 4.22. The molecule has 1 aromatic carbocycles.